The standard InChI is InChI=1S/C27H20O2Si/c1-30(2,3)11-9-21-14-20-13-18-5-7-22-23(25(18)16-27(20)29-21)6-4-17-12-19-8-10-28-26(19)15-24(17)22/h4-8,10,12-16H,1-3H3. The van der Waals surface area contributed by atoms with Crippen LogP contribution in [0.5, 0.6) is 0 Å². The van der Waals surface area contributed by atoms with E-state index < -0.39 is 8.07 Å². The first kappa shape index (κ1) is 17.4. The summed E-state index contributed by atoms with van der Waals surface area (Å²) < 4.78 is 11.7. The summed E-state index contributed by atoms with van der Waals surface area (Å²) in [6.45, 7) is 6.72. The van der Waals surface area contributed by atoms with E-state index in [9.17, 15) is 0 Å². The quantitative estimate of drug-likeness (QED) is 0.146. The van der Waals surface area contributed by atoms with E-state index in [2.05, 4.69) is 85.7 Å². The van der Waals surface area contributed by atoms with Gasteiger partial charge in [0.25, 0.3) is 0 Å². The van der Waals surface area contributed by atoms with E-state index in [-0.39, 0.29) is 0 Å². The zero-order chi connectivity index (χ0) is 20.5. The van der Waals surface area contributed by atoms with Gasteiger partial charge in [-0.2, -0.15) is 0 Å². The normalized spacial score (nSPS) is 12.2. The minimum Gasteiger partial charge on any atom is -0.464 e. The predicted molar refractivity (Wildman–Crippen MR) is 129 cm³/mol. The average molecular weight is 405 g/mol. The van der Waals surface area contributed by atoms with Gasteiger partial charge in [0.2, 0.25) is 0 Å². The lowest BCUT2D eigenvalue weighted by molar-refractivity contribution is 0.602. The van der Waals surface area contributed by atoms with Gasteiger partial charge in [0.05, 0.1) is 6.26 Å². The van der Waals surface area contributed by atoms with Gasteiger partial charge in [0, 0.05) is 16.8 Å². The van der Waals surface area contributed by atoms with E-state index in [1.807, 2.05) is 6.07 Å². The lowest BCUT2D eigenvalue weighted by Crippen LogP contribution is -2.16. The molecule has 0 aliphatic rings. The van der Waals surface area contributed by atoms with E-state index in [1.165, 1.54) is 32.3 Å². The van der Waals surface area contributed by atoms with E-state index in [1.54, 1.807) is 6.26 Å². The summed E-state index contributed by atoms with van der Waals surface area (Å²) >= 11 is 0. The van der Waals surface area contributed by atoms with Crippen molar-refractivity contribution < 1.29 is 8.83 Å². The molecule has 4 aromatic carbocycles. The second-order valence-corrected chi connectivity index (χ2v) is 13.7. The highest BCUT2D eigenvalue weighted by Crippen LogP contribution is 2.35. The van der Waals surface area contributed by atoms with Crippen LogP contribution in [0.3, 0.4) is 0 Å². The van der Waals surface area contributed by atoms with Gasteiger partial charge in [-0.3, -0.25) is 0 Å². The maximum Gasteiger partial charge on any atom is 0.177 e. The second-order valence-electron chi connectivity index (χ2n) is 8.98. The van der Waals surface area contributed by atoms with E-state index >= 15 is 0 Å². The summed E-state index contributed by atoms with van der Waals surface area (Å²) in [6.07, 6.45) is 1.75. The number of fused-ring (bicyclic) bond motifs is 7. The van der Waals surface area contributed by atoms with Gasteiger partial charge in [-0.1, -0.05) is 43.9 Å². The Bertz CT molecular complexity index is 1680. The largest absolute Gasteiger partial charge is 0.464 e. The summed E-state index contributed by atoms with van der Waals surface area (Å²) in [5.74, 6) is 3.99. The first-order valence-electron chi connectivity index (χ1n) is 10.2. The summed E-state index contributed by atoms with van der Waals surface area (Å²) in [6, 6.07) is 21.6. The van der Waals surface area contributed by atoms with Gasteiger partial charge < -0.3 is 8.83 Å². The number of hydrogen-bond acceptors (Lipinski definition) is 2. The van der Waals surface area contributed by atoms with Crippen LogP contribution in [0.1, 0.15) is 5.76 Å². The molecule has 0 saturated heterocycles. The van der Waals surface area contributed by atoms with Gasteiger partial charge in [0.1, 0.15) is 19.2 Å². The zero-order valence-electron chi connectivity index (χ0n) is 17.2. The smallest absolute Gasteiger partial charge is 0.177 e. The SMILES string of the molecule is C[Si](C)(C)C#Cc1cc2cc3ccc4c5cc6occc6cc5ccc4c3cc2o1. The van der Waals surface area contributed by atoms with Crippen LogP contribution in [0.25, 0.3) is 54.3 Å². The Morgan fingerprint density at radius 1 is 0.633 bits per heavy atom. The molecule has 6 aromatic rings. The first-order valence-corrected chi connectivity index (χ1v) is 13.7. The van der Waals surface area contributed by atoms with Crippen LogP contribution in [-0.4, -0.2) is 8.07 Å². The number of furan rings is 2. The molecule has 2 heterocycles. The number of hydrogen-bond donors (Lipinski definition) is 0. The molecule has 2 nitrogen and oxygen atoms in total. The van der Waals surface area contributed by atoms with Crippen LogP contribution in [0.2, 0.25) is 19.6 Å². The third kappa shape index (κ3) is 2.73. The van der Waals surface area contributed by atoms with Gasteiger partial charge in [-0.25, -0.2) is 0 Å². The second kappa shape index (κ2) is 6.01. The first-order chi connectivity index (χ1) is 14.4. The Labute approximate surface area is 175 Å². The third-order valence-corrected chi connectivity index (χ3v) is 6.48. The zero-order valence-corrected chi connectivity index (χ0v) is 18.2. The van der Waals surface area contributed by atoms with Crippen LogP contribution in [0.15, 0.2) is 75.8 Å². The van der Waals surface area contributed by atoms with Gasteiger partial charge >= 0.3 is 0 Å². The average Bonchev–Trinajstić information content (AvgIpc) is 3.33. The van der Waals surface area contributed by atoms with Crippen LogP contribution in [0.4, 0.5) is 0 Å². The minimum atomic E-state index is -1.44. The van der Waals surface area contributed by atoms with Crippen molar-refractivity contribution in [1.29, 1.82) is 0 Å². The monoisotopic (exact) mass is 404 g/mol. The van der Waals surface area contributed by atoms with Crippen molar-refractivity contribution in [1.82, 2.24) is 0 Å². The minimum absolute atomic E-state index is 0.748. The maximum absolute atomic E-state index is 6.09. The van der Waals surface area contributed by atoms with Crippen molar-refractivity contribution in [3.63, 3.8) is 0 Å². The molecule has 6 rings (SSSR count). The molecule has 0 atom stereocenters. The fourth-order valence-corrected chi connectivity index (χ4v) is 4.68. The summed E-state index contributed by atoms with van der Waals surface area (Å²) in [4.78, 5) is 0. The summed E-state index contributed by atoms with van der Waals surface area (Å²) in [7, 11) is -1.44. The van der Waals surface area contributed by atoms with Crippen LogP contribution in [0, 0.1) is 11.5 Å². The molecule has 0 fully saturated rings. The molecule has 144 valence electrons. The van der Waals surface area contributed by atoms with E-state index in [4.69, 9.17) is 8.83 Å². The summed E-state index contributed by atoms with van der Waals surface area (Å²) in [5, 5.41) is 9.50. The Morgan fingerprint density at radius 2 is 1.30 bits per heavy atom. The number of rotatable bonds is 0. The van der Waals surface area contributed by atoms with E-state index in [0.717, 1.165) is 27.7 Å². The Kier molecular flexibility index (Phi) is 3.48. The Hall–Kier alpha value is -3.48. The predicted octanol–water partition coefficient (Wildman–Crippen LogP) is 7.87. The highest BCUT2D eigenvalue weighted by molar-refractivity contribution is 6.83. The van der Waals surface area contributed by atoms with Crippen molar-refractivity contribution in [3.8, 4) is 11.5 Å². The topological polar surface area (TPSA) is 26.3 Å². The molecule has 0 aliphatic heterocycles. The van der Waals surface area contributed by atoms with Gasteiger partial charge in [-0.15, -0.1) is 5.54 Å². The van der Waals surface area contributed by atoms with Crippen molar-refractivity contribution in [2.75, 3.05) is 0 Å². The lowest BCUT2D eigenvalue weighted by Gasteiger charge is -2.08. The molecule has 30 heavy (non-hydrogen) atoms. The lowest BCUT2D eigenvalue weighted by atomic mass is 9.96. The van der Waals surface area contributed by atoms with E-state index in [0.29, 0.717) is 0 Å². The molecule has 0 unspecified atom stereocenters. The van der Waals surface area contributed by atoms with Crippen molar-refractivity contribution >= 4 is 62.3 Å². The van der Waals surface area contributed by atoms with Crippen molar-refractivity contribution in [2.24, 2.45) is 0 Å². The third-order valence-electron chi connectivity index (χ3n) is 5.60. The molecular weight excluding hydrogens is 384 g/mol. The molecule has 0 radical (unpaired) electrons. The van der Waals surface area contributed by atoms with Gasteiger partial charge in [0.15, 0.2) is 5.76 Å². The molecule has 0 aliphatic carbocycles. The van der Waals surface area contributed by atoms with Crippen molar-refractivity contribution in [2.45, 2.75) is 19.6 Å². The fourth-order valence-electron chi connectivity index (χ4n) is 4.18. The molecule has 3 heteroatoms. The summed E-state index contributed by atoms with van der Waals surface area (Å²) in [5.41, 5.74) is 5.19. The Balaban J connectivity index is 1.62. The highest BCUT2D eigenvalue weighted by Gasteiger charge is 2.11. The molecule has 0 amide bonds. The molecule has 0 N–H and O–H groups in total. The fraction of sp³-hybridized carbons (Fsp3) is 0.111. The maximum atomic E-state index is 6.09. The molecule has 0 bridgehead atoms. The van der Waals surface area contributed by atoms with Gasteiger partial charge in [-0.05, 0) is 68.6 Å². The van der Waals surface area contributed by atoms with Crippen LogP contribution in [-0.2, 0) is 0 Å². The molecular formula is C27H20O2Si. The van der Waals surface area contributed by atoms with Crippen LogP contribution < -0.4 is 0 Å². The molecule has 0 saturated carbocycles. The molecule has 0 spiro atoms. The molecule has 2 aromatic heterocycles. The Morgan fingerprint density at radius 3 is 2.00 bits per heavy atom. The van der Waals surface area contributed by atoms with Crippen molar-refractivity contribution in [3.05, 3.63) is 72.7 Å². The highest BCUT2D eigenvalue weighted by atomic mass is 28.3. The van der Waals surface area contributed by atoms with Crippen LogP contribution >= 0.6 is 0 Å². The number of benzene rings is 4.